The number of thiocarbonyl (C=S) groups is 1. The van der Waals surface area contributed by atoms with Crippen molar-refractivity contribution in [1.82, 2.24) is 19.0 Å². The van der Waals surface area contributed by atoms with Crippen LogP contribution in [0.2, 0.25) is 0 Å². The summed E-state index contributed by atoms with van der Waals surface area (Å²) in [5, 5.41) is 13.7. The Morgan fingerprint density at radius 2 is 1.82 bits per heavy atom. The normalized spacial score (nSPS) is 17.6. The van der Waals surface area contributed by atoms with Crippen LogP contribution >= 0.6 is 24.0 Å². The second kappa shape index (κ2) is 12.0. The summed E-state index contributed by atoms with van der Waals surface area (Å²) < 4.78 is 30.4. The lowest BCUT2D eigenvalue weighted by Gasteiger charge is -2.26. The van der Waals surface area contributed by atoms with Crippen LogP contribution in [-0.4, -0.2) is 68.3 Å². The van der Waals surface area contributed by atoms with Crippen molar-refractivity contribution in [3.8, 4) is 16.9 Å². The number of amides is 1. The summed E-state index contributed by atoms with van der Waals surface area (Å²) in [6.45, 7) is 1.24. The highest BCUT2D eigenvalue weighted by molar-refractivity contribution is 8.26. The third kappa shape index (κ3) is 6.04. The van der Waals surface area contributed by atoms with Crippen molar-refractivity contribution in [3.05, 3.63) is 71.3 Å². The number of carbonyl (C=O) groups excluding carboxylic acids is 1. The van der Waals surface area contributed by atoms with E-state index in [1.165, 1.54) is 9.21 Å². The van der Waals surface area contributed by atoms with Crippen LogP contribution in [0.1, 0.15) is 37.7 Å². The van der Waals surface area contributed by atoms with Gasteiger partial charge in [0.05, 0.1) is 15.5 Å². The molecule has 0 spiro atoms. The fourth-order valence-electron chi connectivity index (χ4n) is 4.71. The molecule has 40 heavy (non-hydrogen) atoms. The predicted molar refractivity (Wildman–Crippen MR) is 158 cm³/mol. The molecule has 0 radical (unpaired) electrons. The monoisotopic (exact) mass is 596 g/mol. The Balaban J connectivity index is 1.52. The number of nitrogens with zero attached hydrogens (tertiary/aromatic N) is 4. The van der Waals surface area contributed by atoms with Gasteiger partial charge in [-0.3, -0.25) is 14.5 Å². The van der Waals surface area contributed by atoms with Crippen molar-refractivity contribution >= 4 is 56.3 Å². The molecule has 12 heteroatoms. The number of aromatic nitrogens is 2. The van der Waals surface area contributed by atoms with Gasteiger partial charge in [0, 0.05) is 43.4 Å². The highest BCUT2D eigenvalue weighted by Crippen LogP contribution is 2.35. The Morgan fingerprint density at radius 3 is 2.55 bits per heavy atom. The van der Waals surface area contributed by atoms with E-state index in [2.05, 4.69) is 0 Å². The van der Waals surface area contributed by atoms with Gasteiger partial charge in [0.25, 0.3) is 5.91 Å². The number of para-hydroxylation sites is 1. The summed E-state index contributed by atoms with van der Waals surface area (Å²) in [6.07, 6.45) is 6.47. The zero-order valence-electron chi connectivity index (χ0n) is 21.6. The lowest BCUT2D eigenvalue weighted by atomic mass is 10.1. The maximum atomic E-state index is 13.4. The first-order valence-corrected chi connectivity index (χ1v) is 15.6. The predicted octanol–water partition coefficient (Wildman–Crippen LogP) is 4.78. The van der Waals surface area contributed by atoms with Gasteiger partial charge in [-0.2, -0.15) is 9.40 Å². The van der Waals surface area contributed by atoms with E-state index in [-0.39, 0.29) is 23.8 Å². The summed E-state index contributed by atoms with van der Waals surface area (Å²) >= 11 is 6.56. The van der Waals surface area contributed by atoms with Crippen molar-refractivity contribution in [2.24, 2.45) is 0 Å². The van der Waals surface area contributed by atoms with Crippen LogP contribution in [0, 0.1) is 0 Å². The molecule has 3 heterocycles. The van der Waals surface area contributed by atoms with Gasteiger partial charge in [-0.1, -0.05) is 60.7 Å². The van der Waals surface area contributed by atoms with Gasteiger partial charge in [-0.25, -0.2) is 13.1 Å². The van der Waals surface area contributed by atoms with Crippen LogP contribution in [0.5, 0.6) is 0 Å². The fraction of sp³-hybridized carbons (Fsp3) is 0.286. The van der Waals surface area contributed by atoms with E-state index in [1.807, 2.05) is 30.3 Å². The zero-order chi connectivity index (χ0) is 28.3. The average molecular weight is 597 g/mol. The molecule has 0 unspecified atom stereocenters. The summed E-state index contributed by atoms with van der Waals surface area (Å²) in [4.78, 5) is 26.1. The van der Waals surface area contributed by atoms with Crippen LogP contribution in [0.3, 0.4) is 0 Å². The van der Waals surface area contributed by atoms with Crippen molar-refractivity contribution in [3.63, 3.8) is 0 Å². The number of hydrogen-bond acceptors (Lipinski definition) is 7. The van der Waals surface area contributed by atoms with Crippen molar-refractivity contribution in [2.45, 2.75) is 37.0 Å². The Morgan fingerprint density at radius 1 is 1.07 bits per heavy atom. The number of rotatable bonds is 9. The van der Waals surface area contributed by atoms with E-state index in [9.17, 15) is 18.0 Å². The zero-order valence-corrected chi connectivity index (χ0v) is 24.1. The summed E-state index contributed by atoms with van der Waals surface area (Å²) in [5.41, 5.74) is 2.57. The highest BCUT2D eigenvalue weighted by Gasteiger charge is 2.32. The van der Waals surface area contributed by atoms with Crippen molar-refractivity contribution < 1.29 is 23.1 Å². The number of piperidine rings is 1. The molecule has 0 aliphatic carbocycles. The number of carboxylic acids is 1. The smallest absolute Gasteiger partial charge is 0.303 e. The van der Waals surface area contributed by atoms with Crippen LogP contribution in [0.4, 0.5) is 0 Å². The van der Waals surface area contributed by atoms with Crippen LogP contribution in [0.15, 0.2) is 70.6 Å². The van der Waals surface area contributed by atoms with E-state index in [4.69, 9.17) is 22.4 Å². The van der Waals surface area contributed by atoms with Gasteiger partial charge in [0.1, 0.15) is 10.0 Å². The van der Waals surface area contributed by atoms with Gasteiger partial charge in [0.15, 0.2) is 0 Å². The minimum absolute atomic E-state index is 0.0548. The van der Waals surface area contributed by atoms with E-state index in [0.29, 0.717) is 45.6 Å². The number of benzene rings is 2. The van der Waals surface area contributed by atoms with E-state index in [1.54, 1.807) is 41.2 Å². The summed E-state index contributed by atoms with van der Waals surface area (Å²) in [5.74, 6) is -1.22. The van der Waals surface area contributed by atoms with Gasteiger partial charge in [-0.15, -0.1) is 0 Å². The fourth-order valence-corrected chi connectivity index (χ4v) is 7.57. The minimum atomic E-state index is -3.65. The van der Waals surface area contributed by atoms with Gasteiger partial charge < -0.3 is 5.11 Å². The molecule has 9 nitrogen and oxygen atoms in total. The third-order valence-electron chi connectivity index (χ3n) is 6.76. The molecule has 3 aromatic rings. The number of hydrogen-bond donors (Lipinski definition) is 1. The molecular formula is C28H28N4O5S3. The molecule has 2 aliphatic rings. The summed E-state index contributed by atoms with van der Waals surface area (Å²) in [7, 11) is -3.65. The average Bonchev–Trinajstić information content (AvgIpc) is 3.50. The number of carboxylic acid groups (broad SMARTS) is 1. The second-order valence-corrected chi connectivity index (χ2v) is 13.2. The Hall–Kier alpha value is -3.32. The molecule has 1 N–H and O–H groups in total. The number of thioether (sulfide) groups is 1. The summed E-state index contributed by atoms with van der Waals surface area (Å²) in [6, 6.07) is 16.2. The molecule has 1 aromatic heterocycles. The van der Waals surface area contributed by atoms with Crippen molar-refractivity contribution in [2.75, 3.05) is 19.6 Å². The first-order valence-electron chi connectivity index (χ1n) is 13.0. The molecule has 0 saturated carbocycles. The molecule has 0 atom stereocenters. The number of aliphatic carboxylic acids is 1. The number of carbonyl (C=O) groups is 2. The lowest BCUT2D eigenvalue weighted by molar-refractivity contribution is -0.137. The van der Waals surface area contributed by atoms with Crippen LogP contribution in [-0.2, 0) is 19.6 Å². The van der Waals surface area contributed by atoms with Gasteiger partial charge >= 0.3 is 5.97 Å². The topological polar surface area (TPSA) is 113 Å². The molecule has 0 bridgehead atoms. The molecule has 1 amide bonds. The molecule has 2 aliphatic heterocycles. The first kappa shape index (κ1) is 28.2. The molecule has 5 rings (SSSR count). The number of sulfonamides is 1. The lowest BCUT2D eigenvalue weighted by Crippen LogP contribution is -2.35. The van der Waals surface area contributed by atoms with E-state index >= 15 is 0 Å². The maximum Gasteiger partial charge on any atom is 0.303 e. The first-order chi connectivity index (χ1) is 19.2. The van der Waals surface area contributed by atoms with E-state index in [0.717, 1.165) is 36.7 Å². The Labute approximate surface area is 242 Å². The largest absolute Gasteiger partial charge is 0.481 e. The molecular weight excluding hydrogens is 569 g/mol. The van der Waals surface area contributed by atoms with Crippen LogP contribution < -0.4 is 0 Å². The Bertz CT molecular complexity index is 1580. The van der Waals surface area contributed by atoms with Crippen molar-refractivity contribution in [1.29, 1.82) is 0 Å². The SMILES string of the molecule is O=C(O)CCCN1C(=O)/C(=C/c2cn(-c3ccccc3)nc2-c2cccc(S(=O)(=O)N3CCCCC3)c2)SC1=S. The van der Waals surface area contributed by atoms with E-state index < -0.39 is 16.0 Å². The van der Waals surface area contributed by atoms with Gasteiger partial charge in [-0.05, 0) is 49.6 Å². The Kier molecular flexibility index (Phi) is 8.50. The standard InChI is InChI=1S/C28H28N4O5S3/c33-25(34)13-8-16-31-27(35)24(39-28(31)38)18-21-19-32(22-10-3-1-4-11-22)29-26(21)20-9-7-12-23(17-20)40(36,37)30-14-5-2-6-15-30/h1,3-4,7,9-12,17-19H,2,5-6,8,13-16H2,(H,33,34)/b24-18-. The molecule has 2 saturated heterocycles. The maximum absolute atomic E-state index is 13.4. The third-order valence-corrected chi connectivity index (χ3v) is 10.0. The molecule has 2 fully saturated rings. The second-order valence-electron chi connectivity index (χ2n) is 9.54. The molecule has 208 valence electrons. The van der Waals surface area contributed by atoms with Gasteiger partial charge in [0.2, 0.25) is 10.0 Å². The minimum Gasteiger partial charge on any atom is -0.481 e. The van der Waals surface area contributed by atoms with Crippen LogP contribution in [0.25, 0.3) is 23.0 Å². The molecule has 2 aromatic carbocycles. The quantitative estimate of drug-likeness (QED) is 0.278. The highest BCUT2D eigenvalue weighted by atomic mass is 32.2.